The third-order valence-corrected chi connectivity index (χ3v) is 3.43. The first-order chi connectivity index (χ1) is 9.60. The van der Waals surface area contributed by atoms with E-state index in [4.69, 9.17) is 4.52 Å². The van der Waals surface area contributed by atoms with Crippen LogP contribution in [0.2, 0.25) is 0 Å². The zero-order valence-corrected chi connectivity index (χ0v) is 12.2. The van der Waals surface area contributed by atoms with E-state index in [1.807, 2.05) is 38.1 Å². The van der Waals surface area contributed by atoms with E-state index in [1.165, 1.54) is 5.56 Å². The molecule has 0 unspecified atom stereocenters. The van der Waals surface area contributed by atoms with Gasteiger partial charge >= 0.3 is 0 Å². The molecule has 106 valence electrons. The van der Waals surface area contributed by atoms with Gasteiger partial charge in [-0.05, 0) is 44.4 Å². The van der Waals surface area contributed by atoms with Crippen molar-refractivity contribution in [2.75, 3.05) is 5.32 Å². The minimum absolute atomic E-state index is 0.00856. The summed E-state index contributed by atoms with van der Waals surface area (Å²) >= 11 is 0. The molecule has 1 heterocycles. The first-order valence-corrected chi connectivity index (χ1v) is 6.90. The molecule has 20 heavy (non-hydrogen) atoms. The normalized spacial score (nSPS) is 10.6. The van der Waals surface area contributed by atoms with Crippen molar-refractivity contribution in [1.82, 2.24) is 5.16 Å². The van der Waals surface area contributed by atoms with E-state index in [1.54, 1.807) is 0 Å². The molecule has 1 amide bonds. The number of hydrogen-bond acceptors (Lipinski definition) is 3. The lowest BCUT2D eigenvalue weighted by Gasteiger charge is -2.06. The SMILES string of the molecule is CCc1ccc(NC(=O)CCc2c(C)noc2C)cc1. The highest BCUT2D eigenvalue weighted by atomic mass is 16.5. The molecule has 0 bridgehead atoms. The van der Waals surface area contributed by atoms with Crippen LogP contribution >= 0.6 is 0 Å². The number of nitrogens with one attached hydrogen (secondary N) is 1. The van der Waals surface area contributed by atoms with E-state index < -0.39 is 0 Å². The van der Waals surface area contributed by atoms with Gasteiger partial charge in [-0.25, -0.2) is 0 Å². The molecular weight excluding hydrogens is 252 g/mol. The van der Waals surface area contributed by atoms with Gasteiger partial charge in [0.1, 0.15) is 5.76 Å². The quantitative estimate of drug-likeness (QED) is 0.907. The predicted molar refractivity (Wildman–Crippen MR) is 78.7 cm³/mol. The molecule has 1 N–H and O–H groups in total. The molecule has 1 aromatic carbocycles. The van der Waals surface area contributed by atoms with E-state index in [9.17, 15) is 4.79 Å². The van der Waals surface area contributed by atoms with Crippen molar-refractivity contribution < 1.29 is 9.32 Å². The zero-order chi connectivity index (χ0) is 14.5. The second kappa shape index (κ2) is 6.37. The van der Waals surface area contributed by atoms with E-state index in [0.29, 0.717) is 12.8 Å². The molecule has 0 saturated carbocycles. The summed E-state index contributed by atoms with van der Waals surface area (Å²) in [6.45, 7) is 5.88. The number of nitrogens with zero attached hydrogens (tertiary/aromatic N) is 1. The van der Waals surface area contributed by atoms with Crippen LogP contribution in [0.5, 0.6) is 0 Å². The lowest BCUT2D eigenvalue weighted by atomic mass is 10.1. The molecular formula is C16H20N2O2. The van der Waals surface area contributed by atoms with Crippen molar-refractivity contribution in [2.24, 2.45) is 0 Å². The third-order valence-electron chi connectivity index (χ3n) is 3.43. The molecule has 1 aromatic heterocycles. The molecule has 4 nitrogen and oxygen atoms in total. The number of anilines is 1. The van der Waals surface area contributed by atoms with E-state index >= 15 is 0 Å². The molecule has 0 fully saturated rings. The molecule has 0 aliphatic rings. The Kier molecular flexibility index (Phi) is 4.56. The molecule has 0 saturated heterocycles. The van der Waals surface area contributed by atoms with Crippen molar-refractivity contribution in [3.8, 4) is 0 Å². The van der Waals surface area contributed by atoms with Crippen LogP contribution < -0.4 is 5.32 Å². The van der Waals surface area contributed by atoms with Crippen LogP contribution in [-0.4, -0.2) is 11.1 Å². The largest absolute Gasteiger partial charge is 0.361 e. The van der Waals surface area contributed by atoms with Gasteiger partial charge in [-0.3, -0.25) is 4.79 Å². The van der Waals surface area contributed by atoms with Gasteiger partial charge in [-0.2, -0.15) is 0 Å². The number of hydrogen-bond donors (Lipinski definition) is 1. The van der Waals surface area contributed by atoms with Gasteiger partial charge < -0.3 is 9.84 Å². The summed E-state index contributed by atoms with van der Waals surface area (Å²) in [6, 6.07) is 7.94. The maximum Gasteiger partial charge on any atom is 0.224 e. The summed E-state index contributed by atoms with van der Waals surface area (Å²) in [7, 11) is 0. The Bertz CT molecular complexity index is 566. The molecule has 0 aliphatic heterocycles. The van der Waals surface area contributed by atoms with Crippen molar-refractivity contribution in [3.05, 3.63) is 46.8 Å². The summed E-state index contributed by atoms with van der Waals surface area (Å²) in [5, 5.41) is 6.80. The number of benzene rings is 1. The predicted octanol–water partition coefficient (Wildman–Crippen LogP) is 3.43. The average molecular weight is 272 g/mol. The highest BCUT2D eigenvalue weighted by Gasteiger charge is 2.11. The van der Waals surface area contributed by atoms with E-state index in [0.717, 1.165) is 29.1 Å². The second-order valence-corrected chi connectivity index (χ2v) is 4.90. The lowest BCUT2D eigenvalue weighted by molar-refractivity contribution is -0.116. The van der Waals surface area contributed by atoms with Crippen LogP contribution in [-0.2, 0) is 17.6 Å². The van der Waals surface area contributed by atoms with Crippen molar-refractivity contribution in [1.29, 1.82) is 0 Å². The molecule has 2 aromatic rings. The Morgan fingerprint density at radius 2 is 1.95 bits per heavy atom. The number of amides is 1. The fraction of sp³-hybridized carbons (Fsp3) is 0.375. The van der Waals surface area contributed by atoms with Crippen LogP contribution in [0.15, 0.2) is 28.8 Å². The Hall–Kier alpha value is -2.10. The van der Waals surface area contributed by atoms with Crippen molar-refractivity contribution in [2.45, 2.75) is 40.0 Å². The van der Waals surface area contributed by atoms with Crippen LogP contribution in [0, 0.1) is 13.8 Å². The van der Waals surface area contributed by atoms with Crippen LogP contribution in [0.4, 0.5) is 5.69 Å². The standard InChI is InChI=1S/C16H20N2O2/c1-4-13-5-7-14(8-6-13)17-16(19)10-9-15-11(2)18-20-12(15)3/h5-8H,4,9-10H2,1-3H3,(H,17,19). The molecule has 0 radical (unpaired) electrons. The number of aryl methyl sites for hydroxylation is 3. The fourth-order valence-electron chi connectivity index (χ4n) is 2.14. The zero-order valence-electron chi connectivity index (χ0n) is 12.2. The molecule has 0 aliphatic carbocycles. The summed E-state index contributed by atoms with van der Waals surface area (Å²) in [5.41, 5.74) is 3.99. The average Bonchev–Trinajstić information content (AvgIpc) is 2.77. The smallest absolute Gasteiger partial charge is 0.224 e. The second-order valence-electron chi connectivity index (χ2n) is 4.90. The molecule has 0 atom stereocenters. The van der Waals surface area contributed by atoms with Gasteiger partial charge in [-0.15, -0.1) is 0 Å². The minimum Gasteiger partial charge on any atom is -0.361 e. The third kappa shape index (κ3) is 3.47. The Morgan fingerprint density at radius 3 is 2.50 bits per heavy atom. The van der Waals surface area contributed by atoms with Crippen molar-refractivity contribution in [3.63, 3.8) is 0 Å². The minimum atomic E-state index is 0.00856. The Labute approximate surface area is 119 Å². The van der Waals surface area contributed by atoms with Gasteiger partial charge in [0.2, 0.25) is 5.91 Å². The van der Waals surface area contributed by atoms with Gasteiger partial charge in [0.05, 0.1) is 5.69 Å². The Balaban J connectivity index is 1.89. The fourth-order valence-corrected chi connectivity index (χ4v) is 2.14. The van der Waals surface area contributed by atoms with Crippen LogP contribution in [0.25, 0.3) is 0 Å². The summed E-state index contributed by atoms with van der Waals surface area (Å²) in [5.74, 6) is 0.803. The topological polar surface area (TPSA) is 55.1 Å². The maximum atomic E-state index is 11.9. The van der Waals surface area contributed by atoms with Crippen LogP contribution in [0.1, 0.15) is 35.9 Å². The highest BCUT2D eigenvalue weighted by molar-refractivity contribution is 5.90. The highest BCUT2D eigenvalue weighted by Crippen LogP contribution is 2.15. The Morgan fingerprint density at radius 1 is 1.25 bits per heavy atom. The van der Waals surface area contributed by atoms with E-state index in [2.05, 4.69) is 17.4 Å². The van der Waals surface area contributed by atoms with E-state index in [-0.39, 0.29) is 5.91 Å². The number of aromatic nitrogens is 1. The number of rotatable bonds is 5. The first-order valence-electron chi connectivity index (χ1n) is 6.90. The summed E-state index contributed by atoms with van der Waals surface area (Å²) in [6.07, 6.45) is 2.08. The van der Waals surface area contributed by atoms with Gasteiger partial charge in [0.25, 0.3) is 0 Å². The van der Waals surface area contributed by atoms with Gasteiger partial charge in [0.15, 0.2) is 0 Å². The maximum absolute atomic E-state index is 11.9. The summed E-state index contributed by atoms with van der Waals surface area (Å²) in [4.78, 5) is 11.9. The van der Waals surface area contributed by atoms with Gasteiger partial charge in [0, 0.05) is 17.7 Å². The lowest BCUT2D eigenvalue weighted by Crippen LogP contribution is -2.12. The van der Waals surface area contributed by atoms with Crippen molar-refractivity contribution >= 4 is 11.6 Å². The molecule has 4 heteroatoms. The summed E-state index contributed by atoms with van der Waals surface area (Å²) < 4.78 is 5.09. The monoisotopic (exact) mass is 272 g/mol. The molecule has 0 spiro atoms. The number of carbonyl (C=O) groups is 1. The first kappa shape index (κ1) is 14.3. The molecule has 2 rings (SSSR count). The number of carbonyl (C=O) groups excluding carboxylic acids is 1. The van der Waals surface area contributed by atoms with Crippen LogP contribution in [0.3, 0.4) is 0 Å². The van der Waals surface area contributed by atoms with Gasteiger partial charge in [-0.1, -0.05) is 24.2 Å².